The van der Waals surface area contributed by atoms with Crippen molar-refractivity contribution < 1.29 is 9.84 Å². The van der Waals surface area contributed by atoms with E-state index in [2.05, 4.69) is 12.2 Å². The minimum absolute atomic E-state index is 0.172. The highest BCUT2D eigenvalue weighted by molar-refractivity contribution is 5.33. The summed E-state index contributed by atoms with van der Waals surface area (Å²) in [6.45, 7) is 3.84. The summed E-state index contributed by atoms with van der Waals surface area (Å²) in [6.07, 6.45) is 8.03. The van der Waals surface area contributed by atoms with Gasteiger partial charge in [0.25, 0.3) is 0 Å². The van der Waals surface area contributed by atoms with Crippen LogP contribution < -0.4 is 5.32 Å². The van der Waals surface area contributed by atoms with Gasteiger partial charge in [-0.2, -0.15) is 0 Å². The van der Waals surface area contributed by atoms with Crippen molar-refractivity contribution in [2.24, 2.45) is 0 Å². The Balaban J connectivity index is 1.60. The maximum absolute atomic E-state index is 9.79. The van der Waals surface area contributed by atoms with Crippen LogP contribution >= 0.6 is 0 Å². The maximum Gasteiger partial charge on any atom is 0.120 e. The fourth-order valence-corrected chi connectivity index (χ4v) is 2.84. The van der Waals surface area contributed by atoms with E-state index in [0.29, 0.717) is 11.9 Å². The number of hydrogen-bond donors (Lipinski definition) is 2. The number of rotatable bonds is 7. The third-order valence-electron chi connectivity index (χ3n) is 4.08. The molecule has 0 saturated heterocycles. The normalized spacial score (nSPS) is 18.1. The summed E-state index contributed by atoms with van der Waals surface area (Å²) >= 11 is 0. The van der Waals surface area contributed by atoms with Gasteiger partial charge in [-0.3, -0.25) is 0 Å². The number of benzene rings is 1. The second-order valence-corrected chi connectivity index (χ2v) is 5.72. The lowest BCUT2D eigenvalue weighted by atomic mass is 9.98. The first-order chi connectivity index (χ1) is 9.77. The lowest BCUT2D eigenvalue weighted by molar-refractivity contribution is 0.0271. The van der Waals surface area contributed by atoms with Gasteiger partial charge in [-0.05, 0) is 38.8 Å². The van der Waals surface area contributed by atoms with E-state index in [1.54, 1.807) is 6.07 Å². The quantitative estimate of drug-likeness (QED) is 0.745. The lowest BCUT2D eigenvalue weighted by Crippen LogP contribution is -2.23. The topological polar surface area (TPSA) is 41.5 Å². The number of phenolic OH excluding ortho intramolecular Hbond substituents is 1. The largest absolute Gasteiger partial charge is 0.508 e. The molecule has 1 aliphatic rings. The molecule has 1 atom stereocenters. The summed E-state index contributed by atoms with van der Waals surface area (Å²) in [5.74, 6) is 0.367. The molecule has 1 saturated carbocycles. The van der Waals surface area contributed by atoms with Crippen molar-refractivity contribution in [1.29, 1.82) is 0 Å². The highest BCUT2D eigenvalue weighted by Crippen LogP contribution is 2.23. The summed E-state index contributed by atoms with van der Waals surface area (Å²) in [4.78, 5) is 0. The van der Waals surface area contributed by atoms with Crippen molar-refractivity contribution in [2.45, 2.75) is 57.6 Å². The summed E-state index contributed by atoms with van der Waals surface area (Å²) < 4.78 is 5.90. The Morgan fingerprint density at radius 1 is 1.25 bits per heavy atom. The highest BCUT2D eigenvalue weighted by Gasteiger charge is 2.13. The van der Waals surface area contributed by atoms with Gasteiger partial charge in [-0.25, -0.2) is 0 Å². The molecule has 3 nitrogen and oxygen atoms in total. The van der Waals surface area contributed by atoms with E-state index in [4.69, 9.17) is 4.74 Å². The van der Waals surface area contributed by atoms with Gasteiger partial charge in [0.15, 0.2) is 0 Å². The van der Waals surface area contributed by atoms with Crippen LogP contribution in [0.1, 0.15) is 57.1 Å². The monoisotopic (exact) mass is 277 g/mol. The second-order valence-electron chi connectivity index (χ2n) is 5.72. The summed E-state index contributed by atoms with van der Waals surface area (Å²) in [5, 5.41) is 13.2. The molecular weight excluding hydrogens is 250 g/mol. The molecule has 2 rings (SSSR count). The van der Waals surface area contributed by atoms with Crippen LogP contribution in [0.25, 0.3) is 0 Å². The molecule has 2 N–H and O–H groups in total. The van der Waals surface area contributed by atoms with Crippen molar-refractivity contribution in [3.05, 3.63) is 29.8 Å². The molecule has 1 aromatic rings. The summed E-state index contributed by atoms with van der Waals surface area (Å²) in [5.41, 5.74) is 0.959. The Hall–Kier alpha value is -1.06. The van der Waals surface area contributed by atoms with Gasteiger partial charge >= 0.3 is 0 Å². The Bertz CT molecular complexity index is 388. The zero-order valence-corrected chi connectivity index (χ0v) is 12.5. The van der Waals surface area contributed by atoms with Gasteiger partial charge in [-0.1, -0.05) is 37.5 Å². The molecule has 1 aliphatic carbocycles. The third kappa shape index (κ3) is 4.80. The molecule has 0 heterocycles. The van der Waals surface area contributed by atoms with Gasteiger partial charge < -0.3 is 15.2 Å². The van der Waals surface area contributed by atoms with Crippen LogP contribution in [-0.4, -0.2) is 24.4 Å². The number of ether oxygens (including phenoxy) is 1. The first-order valence-electron chi connectivity index (χ1n) is 7.90. The van der Waals surface area contributed by atoms with E-state index in [1.165, 1.54) is 32.1 Å². The number of nitrogens with one attached hydrogen (secondary N) is 1. The molecule has 0 radical (unpaired) electrons. The predicted octanol–water partition coefficient (Wildman–Crippen LogP) is 3.78. The van der Waals surface area contributed by atoms with Crippen LogP contribution in [0, 0.1) is 0 Å². The van der Waals surface area contributed by atoms with Crippen LogP contribution in [0.4, 0.5) is 0 Å². The van der Waals surface area contributed by atoms with E-state index >= 15 is 0 Å². The Kier molecular flexibility index (Phi) is 6.34. The minimum Gasteiger partial charge on any atom is -0.508 e. The van der Waals surface area contributed by atoms with Gasteiger partial charge in [0.1, 0.15) is 5.75 Å². The lowest BCUT2D eigenvalue weighted by Gasteiger charge is -2.22. The fraction of sp³-hybridized carbons (Fsp3) is 0.647. The average Bonchev–Trinajstić information content (AvgIpc) is 2.48. The molecule has 1 fully saturated rings. The molecule has 20 heavy (non-hydrogen) atoms. The van der Waals surface area contributed by atoms with Gasteiger partial charge in [-0.15, -0.1) is 0 Å². The fourth-order valence-electron chi connectivity index (χ4n) is 2.84. The molecule has 0 spiro atoms. The standard InChI is InChI=1S/C17H27NO2/c1-14(16-10-5-6-11-17(16)19)18-12-7-13-20-15-8-3-2-4-9-15/h5-6,10-11,14-15,18-19H,2-4,7-9,12-13H2,1H3. The Morgan fingerprint density at radius 2 is 2.00 bits per heavy atom. The molecule has 0 aliphatic heterocycles. The molecule has 112 valence electrons. The zero-order chi connectivity index (χ0) is 14.2. The smallest absolute Gasteiger partial charge is 0.120 e. The van der Waals surface area contributed by atoms with Crippen LogP contribution in [0.15, 0.2) is 24.3 Å². The van der Waals surface area contributed by atoms with Crippen LogP contribution in [0.2, 0.25) is 0 Å². The average molecular weight is 277 g/mol. The number of para-hydroxylation sites is 1. The molecule has 0 bridgehead atoms. The second kappa shape index (κ2) is 8.28. The van der Waals surface area contributed by atoms with Gasteiger partial charge in [0.2, 0.25) is 0 Å². The van der Waals surface area contributed by atoms with E-state index in [-0.39, 0.29) is 6.04 Å². The van der Waals surface area contributed by atoms with Crippen molar-refractivity contribution >= 4 is 0 Å². The van der Waals surface area contributed by atoms with Crippen molar-refractivity contribution in [3.8, 4) is 5.75 Å². The highest BCUT2D eigenvalue weighted by atomic mass is 16.5. The molecule has 3 heteroatoms. The third-order valence-corrected chi connectivity index (χ3v) is 4.08. The van der Waals surface area contributed by atoms with E-state index in [0.717, 1.165) is 25.1 Å². The van der Waals surface area contributed by atoms with Crippen LogP contribution in [0.3, 0.4) is 0 Å². The predicted molar refractivity (Wildman–Crippen MR) is 82.0 cm³/mol. The first-order valence-corrected chi connectivity index (χ1v) is 7.90. The summed E-state index contributed by atoms with van der Waals surface area (Å²) in [6, 6.07) is 7.68. The molecular formula is C17H27NO2. The molecule has 1 unspecified atom stereocenters. The van der Waals surface area contributed by atoms with E-state index < -0.39 is 0 Å². The van der Waals surface area contributed by atoms with Crippen molar-refractivity contribution in [1.82, 2.24) is 5.32 Å². The number of hydrogen-bond acceptors (Lipinski definition) is 3. The van der Waals surface area contributed by atoms with Crippen molar-refractivity contribution in [2.75, 3.05) is 13.2 Å². The van der Waals surface area contributed by atoms with E-state index in [1.807, 2.05) is 18.2 Å². The van der Waals surface area contributed by atoms with Crippen molar-refractivity contribution in [3.63, 3.8) is 0 Å². The molecule has 0 aromatic heterocycles. The Morgan fingerprint density at radius 3 is 2.75 bits per heavy atom. The minimum atomic E-state index is 0.172. The molecule has 1 aromatic carbocycles. The van der Waals surface area contributed by atoms with Gasteiger partial charge in [0.05, 0.1) is 6.10 Å². The number of phenols is 1. The maximum atomic E-state index is 9.79. The number of aromatic hydroxyl groups is 1. The van der Waals surface area contributed by atoms with Crippen LogP contribution in [-0.2, 0) is 4.74 Å². The zero-order valence-electron chi connectivity index (χ0n) is 12.5. The van der Waals surface area contributed by atoms with E-state index in [9.17, 15) is 5.11 Å². The van der Waals surface area contributed by atoms with Crippen LogP contribution in [0.5, 0.6) is 5.75 Å². The molecule has 0 amide bonds. The summed E-state index contributed by atoms with van der Waals surface area (Å²) in [7, 11) is 0. The first kappa shape index (κ1) is 15.3. The van der Waals surface area contributed by atoms with Gasteiger partial charge in [0, 0.05) is 18.2 Å². The SMILES string of the molecule is CC(NCCCOC1CCCCC1)c1ccccc1O. The Labute approximate surface area is 122 Å².